The molecule has 0 unspecified atom stereocenters. The third-order valence-electron chi connectivity index (χ3n) is 13.8. The van der Waals surface area contributed by atoms with Gasteiger partial charge in [-0.3, -0.25) is 0 Å². The fourth-order valence-electron chi connectivity index (χ4n) is 10.2. The monoisotopic (exact) mass is 993 g/mol. The molecule has 8 aromatic carbocycles. The van der Waals surface area contributed by atoms with Gasteiger partial charge in [0.1, 0.15) is 23.0 Å². The maximum Gasteiger partial charge on any atom is 0.326 e. The summed E-state index contributed by atoms with van der Waals surface area (Å²) in [5, 5.41) is 7.01. The van der Waals surface area contributed by atoms with E-state index in [4.69, 9.17) is 18.1 Å². The summed E-state index contributed by atoms with van der Waals surface area (Å²) in [6.45, 7) is 35.9. The van der Waals surface area contributed by atoms with Gasteiger partial charge in [0.2, 0.25) is 0 Å². The molecule has 0 radical (unpaired) electrons. The predicted molar refractivity (Wildman–Crippen MR) is 309 cm³/mol. The summed E-state index contributed by atoms with van der Waals surface area (Å²) >= 11 is 0. The van der Waals surface area contributed by atoms with E-state index in [1.54, 1.807) is 0 Å². The van der Waals surface area contributed by atoms with E-state index in [2.05, 4.69) is 244 Å². The average Bonchev–Trinajstić information content (AvgIpc) is 3.28. The molecule has 8 aromatic rings. The molecule has 0 atom stereocenters. The zero-order valence-corrected chi connectivity index (χ0v) is 47.4. The quantitative estimate of drug-likeness (QED) is 0.162. The molecule has 2 aliphatic heterocycles. The second-order valence-electron chi connectivity index (χ2n) is 24.5. The molecule has 0 aromatic heterocycles. The van der Waals surface area contributed by atoms with E-state index in [1.807, 2.05) is 0 Å². The van der Waals surface area contributed by atoms with Crippen LogP contribution in [0.1, 0.15) is 150 Å². The highest BCUT2D eigenvalue weighted by Crippen LogP contribution is 2.54. The Morgan fingerprint density at radius 3 is 1.08 bits per heavy atom. The molecule has 2 aliphatic rings. The molecule has 4 nitrogen and oxygen atoms in total. The fraction of sp³-hybridized carbons (Fsp3) is 0.333. The molecule has 2 heterocycles. The van der Waals surface area contributed by atoms with Crippen LogP contribution < -0.4 is 28.7 Å². The minimum atomic E-state index is -1.43. The first-order chi connectivity index (χ1) is 33.8. The molecule has 0 spiro atoms. The van der Waals surface area contributed by atoms with Gasteiger partial charge in [-0.05, 0) is 111 Å². The second kappa shape index (κ2) is 19.3. The molecule has 0 saturated heterocycles. The predicted octanol–water partition coefficient (Wildman–Crippen LogP) is 18.1. The number of benzene rings is 8. The van der Waals surface area contributed by atoms with Crippen LogP contribution in [-0.4, -0.2) is 0 Å². The Labute approximate surface area is 433 Å². The van der Waals surface area contributed by atoms with Crippen LogP contribution in [0.15, 0.2) is 133 Å². The van der Waals surface area contributed by atoms with Gasteiger partial charge in [0.05, 0.1) is 10.6 Å². The van der Waals surface area contributed by atoms with Crippen LogP contribution in [0.3, 0.4) is 0 Å². The van der Waals surface area contributed by atoms with E-state index in [1.165, 1.54) is 88.3 Å². The summed E-state index contributed by atoms with van der Waals surface area (Å²) in [5.41, 5.74) is 14.8. The molecular weight excluding hydrogens is 919 g/mol. The first-order valence-electron chi connectivity index (χ1n) is 25.7. The summed E-state index contributed by atoms with van der Waals surface area (Å²) in [5.74, 6) is 3.93. The minimum Gasteiger partial charge on any atom is -0.435 e. The summed E-state index contributed by atoms with van der Waals surface area (Å²) in [6, 6.07) is 48.4. The lowest BCUT2D eigenvalue weighted by Crippen LogP contribution is -2.21. The molecule has 372 valence electrons. The van der Waals surface area contributed by atoms with E-state index in [0.29, 0.717) is 0 Å². The summed E-state index contributed by atoms with van der Waals surface area (Å²) in [7, 11) is -2.83. The van der Waals surface area contributed by atoms with Gasteiger partial charge >= 0.3 is 16.8 Å². The van der Waals surface area contributed by atoms with Crippen LogP contribution in [-0.2, 0) is 34.5 Å². The Hall–Kier alpha value is -5.66. The lowest BCUT2D eigenvalue weighted by Gasteiger charge is -2.33. The number of aryl methyl sites for hydroxylation is 4. The minimum absolute atomic E-state index is 0.0499. The molecule has 0 fully saturated rings. The molecule has 0 saturated carbocycles. The van der Waals surface area contributed by atoms with Crippen LogP contribution in [0, 0.1) is 27.7 Å². The van der Waals surface area contributed by atoms with Gasteiger partial charge in [0, 0.05) is 35.1 Å². The smallest absolute Gasteiger partial charge is 0.326 e. The lowest BCUT2D eigenvalue weighted by atomic mass is 9.81. The topological polar surface area (TPSA) is 36.9 Å². The van der Waals surface area contributed by atoms with Crippen LogP contribution >= 0.6 is 16.8 Å². The fourth-order valence-corrected chi connectivity index (χ4v) is 13.3. The van der Waals surface area contributed by atoms with Crippen LogP contribution in [0.5, 0.6) is 23.0 Å². The average molecular weight is 993 g/mol. The number of rotatable bonds is 2. The van der Waals surface area contributed by atoms with E-state index in [-0.39, 0.29) is 21.7 Å². The van der Waals surface area contributed by atoms with Crippen LogP contribution in [0.2, 0.25) is 0 Å². The zero-order chi connectivity index (χ0) is 51.7. The molecule has 0 amide bonds. The highest BCUT2D eigenvalue weighted by atomic mass is 31.2. The van der Waals surface area contributed by atoms with Crippen molar-refractivity contribution < 1.29 is 18.1 Å². The Morgan fingerprint density at radius 2 is 0.681 bits per heavy atom. The standard InChI is InChI=1S/2C33H37O2P/c1-21-16-24-20-25-17-22(2)19-28(33(6,7)8)31(25)35-36(34-30(24)27(18-21)32(3,4)5)29-15-11-13-23-12-9-10-14-26(23)29;1-21-15-25-19-26-16-22(2)18-29(33(6,7)8)31(26)35-36(34-30(25)28(17-21)32(3,4)5)27-14-13-23-11-9-10-12-24(23)20-27/h9-19H,20H2,1-8H3;9-18,20H,19H2,1-8H3. The van der Waals surface area contributed by atoms with Crippen molar-refractivity contribution in [3.8, 4) is 23.0 Å². The lowest BCUT2D eigenvalue weighted by molar-refractivity contribution is 0.456. The van der Waals surface area contributed by atoms with Crippen molar-refractivity contribution in [1.29, 1.82) is 0 Å². The summed E-state index contributed by atoms with van der Waals surface area (Å²) in [6.07, 6.45) is 1.58. The largest absolute Gasteiger partial charge is 0.435 e. The van der Waals surface area contributed by atoms with Crippen molar-refractivity contribution in [1.82, 2.24) is 0 Å². The third-order valence-corrected chi connectivity index (χ3v) is 16.7. The first-order valence-corrected chi connectivity index (χ1v) is 28.0. The van der Waals surface area contributed by atoms with Gasteiger partial charge in [-0.2, -0.15) is 0 Å². The maximum absolute atomic E-state index is 7.04. The third kappa shape index (κ3) is 10.7. The number of fused-ring (bicyclic) bond motifs is 6. The van der Waals surface area contributed by atoms with Gasteiger partial charge < -0.3 is 18.1 Å². The van der Waals surface area contributed by atoms with E-state index < -0.39 is 16.8 Å². The van der Waals surface area contributed by atoms with E-state index in [0.717, 1.165) is 46.4 Å². The van der Waals surface area contributed by atoms with Gasteiger partial charge in [-0.15, -0.1) is 0 Å². The summed E-state index contributed by atoms with van der Waals surface area (Å²) in [4.78, 5) is 0. The van der Waals surface area contributed by atoms with Crippen molar-refractivity contribution in [3.05, 3.63) is 200 Å². The molecule has 0 bridgehead atoms. The first kappa shape index (κ1) is 51.2. The Kier molecular flexibility index (Phi) is 13.7. The van der Waals surface area contributed by atoms with Crippen LogP contribution in [0.25, 0.3) is 21.5 Å². The molecule has 0 N–H and O–H groups in total. The second-order valence-corrected chi connectivity index (χ2v) is 27.2. The Morgan fingerprint density at radius 1 is 0.333 bits per heavy atom. The van der Waals surface area contributed by atoms with Gasteiger partial charge in [0.15, 0.2) is 0 Å². The van der Waals surface area contributed by atoms with Gasteiger partial charge in [-0.1, -0.05) is 221 Å². The number of hydrogen-bond donors (Lipinski definition) is 0. The normalized spacial score (nSPS) is 14.3. The molecule has 72 heavy (non-hydrogen) atoms. The molecule has 0 aliphatic carbocycles. The van der Waals surface area contributed by atoms with E-state index >= 15 is 0 Å². The number of hydrogen-bond acceptors (Lipinski definition) is 4. The van der Waals surface area contributed by atoms with Crippen LogP contribution in [0.4, 0.5) is 0 Å². The SMILES string of the molecule is Cc1cc2c(c(C(C)(C)C)c1)OP(c1ccc3ccccc3c1)Oc1c(cc(C)cc1C(C)(C)C)C2.Cc1cc2c(c(C(C)(C)C)c1)OP(c1cccc3ccccc13)Oc1c(cc(C)cc1C(C)(C)C)C2. The van der Waals surface area contributed by atoms with Gasteiger partial charge in [-0.25, -0.2) is 0 Å². The van der Waals surface area contributed by atoms with Crippen molar-refractivity contribution in [2.24, 2.45) is 0 Å². The highest BCUT2D eigenvalue weighted by Gasteiger charge is 2.35. The Bertz CT molecular complexity index is 3200. The van der Waals surface area contributed by atoms with Crippen molar-refractivity contribution in [2.75, 3.05) is 0 Å². The van der Waals surface area contributed by atoms with Crippen molar-refractivity contribution in [2.45, 2.75) is 145 Å². The van der Waals surface area contributed by atoms with Gasteiger partial charge in [0.25, 0.3) is 0 Å². The Balaban J connectivity index is 0.000000178. The molecular formula is C66H74O4P2. The summed E-state index contributed by atoms with van der Waals surface area (Å²) < 4.78 is 28.0. The molecule has 10 rings (SSSR count). The maximum atomic E-state index is 7.04. The molecule has 6 heteroatoms. The zero-order valence-electron chi connectivity index (χ0n) is 45.6. The van der Waals surface area contributed by atoms with E-state index in [9.17, 15) is 0 Å². The van der Waals surface area contributed by atoms with Crippen molar-refractivity contribution >= 4 is 48.9 Å². The van der Waals surface area contributed by atoms with Crippen molar-refractivity contribution in [3.63, 3.8) is 0 Å². The highest BCUT2D eigenvalue weighted by molar-refractivity contribution is 7.57.